The fourth-order valence-corrected chi connectivity index (χ4v) is 1.81. The molecule has 0 spiro atoms. The van der Waals surface area contributed by atoms with E-state index >= 15 is 0 Å². The molecule has 1 aromatic rings. The molecular weight excluding hydrogens is 305 g/mol. The van der Waals surface area contributed by atoms with Crippen LogP contribution < -0.4 is 0 Å². The van der Waals surface area contributed by atoms with E-state index in [0.29, 0.717) is 6.07 Å². The van der Waals surface area contributed by atoms with Gasteiger partial charge in [0.15, 0.2) is 0 Å². The molecule has 10 heteroatoms. The van der Waals surface area contributed by atoms with Gasteiger partial charge in [0, 0.05) is 11.0 Å². The van der Waals surface area contributed by atoms with Gasteiger partial charge in [-0.2, -0.15) is 22.0 Å². The number of nitro groups is 1. The second kappa shape index (κ2) is 4.88. The highest BCUT2D eigenvalue weighted by Crippen LogP contribution is 2.48. The summed E-state index contributed by atoms with van der Waals surface area (Å²) >= 11 is 4.56. The van der Waals surface area contributed by atoms with E-state index in [1.165, 1.54) is 0 Å². The molecule has 18 heavy (non-hydrogen) atoms. The second-order valence-corrected chi connectivity index (χ2v) is 4.58. The van der Waals surface area contributed by atoms with Gasteiger partial charge in [0.05, 0.1) is 4.92 Å². The van der Waals surface area contributed by atoms with Crippen LogP contribution in [0.4, 0.5) is 27.6 Å². The van der Waals surface area contributed by atoms with Gasteiger partial charge in [-0.15, -0.1) is 0 Å². The molecule has 0 fully saturated rings. The van der Waals surface area contributed by atoms with Gasteiger partial charge in [-0.05, 0) is 23.9 Å². The Labute approximate surface area is 106 Å². The van der Waals surface area contributed by atoms with Crippen LogP contribution in [-0.2, 0) is 0 Å². The Hall–Kier alpha value is -1.09. The molecule has 100 valence electrons. The molecule has 1 aromatic carbocycles. The zero-order chi connectivity index (χ0) is 14.1. The van der Waals surface area contributed by atoms with Crippen LogP contribution in [-0.4, -0.2) is 16.4 Å². The molecule has 0 unspecified atom stereocenters. The fraction of sp³-hybridized carbons (Fsp3) is 0.250. The van der Waals surface area contributed by atoms with Crippen molar-refractivity contribution in [3.05, 3.63) is 33.3 Å². The van der Waals surface area contributed by atoms with Crippen molar-refractivity contribution < 1.29 is 26.9 Å². The molecule has 3 nitrogen and oxygen atoms in total. The first-order valence-electron chi connectivity index (χ1n) is 4.12. The fourth-order valence-electron chi connectivity index (χ4n) is 0.902. The van der Waals surface area contributed by atoms with E-state index in [2.05, 4.69) is 0 Å². The van der Waals surface area contributed by atoms with Crippen LogP contribution in [0.3, 0.4) is 0 Å². The summed E-state index contributed by atoms with van der Waals surface area (Å²) in [7, 11) is 0. The Balaban J connectivity index is 3.07. The van der Waals surface area contributed by atoms with E-state index in [1.807, 2.05) is 0 Å². The maximum atomic E-state index is 12.7. The predicted molar refractivity (Wildman–Crippen MR) is 55.0 cm³/mol. The summed E-state index contributed by atoms with van der Waals surface area (Å²) in [4.78, 5) is 8.86. The molecule has 0 aliphatic heterocycles. The van der Waals surface area contributed by atoms with Crippen LogP contribution in [0.1, 0.15) is 0 Å². The van der Waals surface area contributed by atoms with Gasteiger partial charge in [-0.25, -0.2) is 0 Å². The summed E-state index contributed by atoms with van der Waals surface area (Å²) in [5, 5.41) is 5.06. The van der Waals surface area contributed by atoms with Gasteiger partial charge in [-0.1, -0.05) is 11.6 Å². The number of hydrogen-bond donors (Lipinski definition) is 0. The van der Waals surface area contributed by atoms with Gasteiger partial charge in [0.1, 0.15) is 5.02 Å². The van der Waals surface area contributed by atoms with Crippen molar-refractivity contribution in [2.24, 2.45) is 0 Å². The molecule has 0 saturated carbocycles. The van der Waals surface area contributed by atoms with Crippen molar-refractivity contribution in [3.8, 4) is 0 Å². The van der Waals surface area contributed by atoms with Crippen molar-refractivity contribution in [1.82, 2.24) is 0 Å². The minimum atomic E-state index is -5.74. The van der Waals surface area contributed by atoms with Crippen LogP contribution in [0.2, 0.25) is 5.02 Å². The number of hydrogen-bond acceptors (Lipinski definition) is 3. The summed E-state index contributed by atoms with van der Waals surface area (Å²) in [6.07, 6.45) is -5.74. The number of benzene rings is 1. The van der Waals surface area contributed by atoms with E-state index in [1.54, 1.807) is 0 Å². The molecular formula is C8H3ClF5NO2S. The van der Waals surface area contributed by atoms with E-state index in [4.69, 9.17) is 11.6 Å². The number of halogens is 6. The lowest BCUT2D eigenvalue weighted by molar-refractivity contribution is -0.384. The molecule has 0 heterocycles. The van der Waals surface area contributed by atoms with Crippen molar-refractivity contribution in [2.45, 2.75) is 16.3 Å². The van der Waals surface area contributed by atoms with Gasteiger partial charge in [-0.3, -0.25) is 10.1 Å². The zero-order valence-electron chi connectivity index (χ0n) is 8.17. The average Bonchev–Trinajstić information content (AvgIpc) is 2.18. The lowest BCUT2D eigenvalue weighted by Crippen LogP contribution is -2.32. The first-order valence-corrected chi connectivity index (χ1v) is 5.31. The molecule has 0 bridgehead atoms. The average molecular weight is 308 g/mol. The Kier molecular flexibility index (Phi) is 4.06. The minimum Gasteiger partial charge on any atom is -0.258 e. The van der Waals surface area contributed by atoms with Crippen LogP contribution in [0, 0.1) is 10.1 Å². The Morgan fingerprint density at radius 2 is 1.78 bits per heavy atom. The van der Waals surface area contributed by atoms with E-state index in [0.717, 1.165) is 12.1 Å². The van der Waals surface area contributed by atoms with Crippen molar-refractivity contribution in [3.63, 3.8) is 0 Å². The monoisotopic (exact) mass is 307 g/mol. The minimum absolute atomic E-state index is 0.348. The van der Waals surface area contributed by atoms with E-state index in [-0.39, 0.29) is 5.02 Å². The van der Waals surface area contributed by atoms with Crippen molar-refractivity contribution in [1.29, 1.82) is 0 Å². The maximum Gasteiger partial charge on any atom is 0.464 e. The van der Waals surface area contributed by atoms with Gasteiger partial charge >= 0.3 is 11.4 Å². The summed E-state index contributed by atoms with van der Waals surface area (Å²) in [6, 6.07) is 2.29. The standard InChI is InChI=1S/C8H3ClF5NO2S/c9-5-2-1-4(3-6(5)15(16)17)18-8(13,14)7(10,11)12/h1-3H. The smallest absolute Gasteiger partial charge is 0.258 e. The molecule has 0 radical (unpaired) electrons. The largest absolute Gasteiger partial charge is 0.464 e. The quantitative estimate of drug-likeness (QED) is 0.357. The topological polar surface area (TPSA) is 43.1 Å². The predicted octanol–water partition coefficient (Wildman–Crippen LogP) is 4.50. The molecule has 1 rings (SSSR count). The lowest BCUT2D eigenvalue weighted by atomic mass is 10.3. The van der Waals surface area contributed by atoms with Crippen LogP contribution in [0.15, 0.2) is 23.1 Å². The highest BCUT2D eigenvalue weighted by molar-refractivity contribution is 8.00. The Morgan fingerprint density at radius 1 is 1.22 bits per heavy atom. The third-order valence-corrected chi connectivity index (χ3v) is 2.99. The number of rotatable bonds is 3. The molecule has 0 aromatic heterocycles. The lowest BCUT2D eigenvalue weighted by Gasteiger charge is -2.18. The molecule has 0 amide bonds. The number of nitro benzene ring substituents is 1. The number of alkyl halides is 5. The third-order valence-electron chi connectivity index (χ3n) is 1.69. The van der Waals surface area contributed by atoms with Gasteiger partial charge in [0.2, 0.25) is 0 Å². The van der Waals surface area contributed by atoms with Crippen LogP contribution in [0.25, 0.3) is 0 Å². The van der Waals surface area contributed by atoms with E-state index < -0.39 is 38.7 Å². The Morgan fingerprint density at radius 3 is 2.22 bits per heavy atom. The summed E-state index contributed by atoms with van der Waals surface area (Å²) in [5.41, 5.74) is -0.736. The van der Waals surface area contributed by atoms with E-state index in [9.17, 15) is 32.1 Å². The SMILES string of the molecule is O=[N+]([O-])c1cc(SC(F)(F)C(F)(F)F)ccc1Cl. The summed E-state index contributed by atoms with van der Waals surface area (Å²) < 4.78 is 61.1. The molecule has 0 N–H and O–H groups in total. The number of thioether (sulfide) groups is 1. The van der Waals surface area contributed by atoms with Crippen LogP contribution in [0.5, 0.6) is 0 Å². The molecule has 0 aliphatic rings. The van der Waals surface area contributed by atoms with Crippen molar-refractivity contribution in [2.75, 3.05) is 0 Å². The third kappa shape index (κ3) is 3.22. The molecule has 0 aliphatic carbocycles. The maximum absolute atomic E-state index is 12.7. The first-order chi connectivity index (χ1) is 8.04. The van der Waals surface area contributed by atoms with Crippen LogP contribution >= 0.6 is 23.4 Å². The highest BCUT2D eigenvalue weighted by atomic mass is 35.5. The molecule has 0 atom stereocenters. The number of nitrogens with zero attached hydrogens (tertiary/aromatic N) is 1. The van der Waals surface area contributed by atoms with Crippen molar-refractivity contribution >= 4 is 29.1 Å². The second-order valence-electron chi connectivity index (χ2n) is 2.99. The van der Waals surface area contributed by atoms with Gasteiger partial charge < -0.3 is 0 Å². The zero-order valence-corrected chi connectivity index (χ0v) is 9.74. The first kappa shape index (κ1) is 15.0. The summed E-state index contributed by atoms with van der Waals surface area (Å²) in [5.74, 6) is 0. The Bertz CT molecular complexity index is 479. The summed E-state index contributed by atoms with van der Waals surface area (Å²) in [6.45, 7) is 0. The van der Waals surface area contributed by atoms with Gasteiger partial charge in [0.25, 0.3) is 5.69 Å². The highest BCUT2D eigenvalue weighted by Gasteiger charge is 2.58. The molecule has 0 saturated heterocycles. The normalized spacial score (nSPS) is 12.6.